The van der Waals surface area contributed by atoms with Crippen molar-refractivity contribution in [1.29, 1.82) is 0 Å². The monoisotopic (exact) mass is 395 g/mol. The first kappa shape index (κ1) is 19.4. The van der Waals surface area contributed by atoms with E-state index in [4.69, 9.17) is 0 Å². The maximum Gasteiger partial charge on any atom is 0.331 e. The number of rotatable bonds is 5. The third-order valence-electron chi connectivity index (χ3n) is 3.85. The van der Waals surface area contributed by atoms with E-state index in [1.807, 2.05) is 30.3 Å². The van der Waals surface area contributed by atoms with E-state index >= 15 is 0 Å². The van der Waals surface area contributed by atoms with Crippen molar-refractivity contribution in [3.05, 3.63) is 76.7 Å². The highest BCUT2D eigenvalue weighted by Gasteiger charge is 2.34. The van der Waals surface area contributed by atoms with Crippen LogP contribution in [0.25, 0.3) is 0 Å². The molecule has 0 unspecified atom stereocenters. The molecule has 1 saturated heterocycles. The normalized spacial score (nSPS) is 16.6. The maximum atomic E-state index is 12.8. The molecule has 0 bridgehead atoms. The summed E-state index contributed by atoms with van der Waals surface area (Å²) in [6.45, 7) is 0.279. The van der Waals surface area contributed by atoms with E-state index in [9.17, 15) is 19.5 Å². The highest BCUT2D eigenvalue weighted by atomic mass is 32.2. The highest BCUT2D eigenvalue weighted by Crippen LogP contribution is 2.34. The topological polar surface area (TPSA) is 99.1 Å². The second-order valence-corrected chi connectivity index (χ2v) is 6.75. The van der Waals surface area contributed by atoms with Crippen LogP contribution in [0.1, 0.15) is 15.9 Å². The second-order valence-electron chi connectivity index (χ2n) is 5.74. The number of carbonyl (C=O) groups is 3. The van der Waals surface area contributed by atoms with Gasteiger partial charge in [-0.1, -0.05) is 42.5 Å². The van der Waals surface area contributed by atoms with Crippen molar-refractivity contribution in [1.82, 2.24) is 4.90 Å². The molecule has 0 aromatic heterocycles. The predicted molar refractivity (Wildman–Crippen MR) is 103 cm³/mol. The number of hydrogen-bond donors (Lipinski definition) is 0. The molecular formula is C20H15N2O5S-. The lowest BCUT2D eigenvalue weighted by Gasteiger charge is -2.15. The number of aliphatic imine (C=N–C) groups is 1. The number of ether oxygens (including phenoxy) is 1. The Kier molecular flexibility index (Phi) is 5.90. The average molecular weight is 395 g/mol. The van der Waals surface area contributed by atoms with Crippen molar-refractivity contribution in [3.8, 4) is 0 Å². The molecule has 0 radical (unpaired) electrons. The van der Waals surface area contributed by atoms with Crippen LogP contribution < -0.4 is 5.11 Å². The Hall–Kier alpha value is -3.39. The van der Waals surface area contributed by atoms with Crippen LogP contribution >= 0.6 is 11.8 Å². The van der Waals surface area contributed by atoms with Gasteiger partial charge < -0.3 is 14.6 Å². The van der Waals surface area contributed by atoms with Gasteiger partial charge in [0.2, 0.25) is 0 Å². The third kappa shape index (κ3) is 4.47. The summed E-state index contributed by atoms with van der Waals surface area (Å²) in [5, 5.41) is 11.3. The van der Waals surface area contributed by atoms with Gasteiger partial charge >= 0.3 is 5.97 Å². The lowest BCUT2D eigenvalue weighted by molar-refractivity contribution is -0.255. The number of esters is 1. The van der Waals surface area contributed by atoms with Crippen LogP contribution in [0.5, 0.6) is 0 Å². The number of benzene rings is 2. The van der Waals surface area contributed by atoms with Crippen molar-refractivity contribution in [3.63, 3.8) is 0 Å². The van der Waals surface area contributed by atoms with E-state index in [-0.39, 0.29) is 22.9 Å². The lowest BCUT2D eigenvalue weighted by atomic mass is 10.2. The number of nitrogens with zero attached hydrogens (tertiary/aromatic N) is 2. The first-order valence-electron chi connectivity index (χ1n) is 8.21. The number of methoxy groups -OCH3 is 1. The molecule has 0 atom stereocenters. The minimum absolute atomic E-state index is 0.0338. The van der Waals surface area contributed by atoms with Gasteiger partial charge in [-0.3, -0.25) is 9.69 Å². The van der Waals surface area contributed by atoms with Crippen LogP contribution in [-0.4, -0.2) is 35.0 Å². The van der Waals surface area contributed by atoms with Gasteiger partial charge in [-0.2, -0.15) is 0 Å². The number of aromatic carboxylic acids is 1. The van der Waals surface area contributed by atoms with E-state index in [2.05, 4.69) is 9.73 Å². The molecule has 3 rings (SSSR count). The van der Waals surface area contributed by atoms with Crippen molar-refractivity contribution in [2.24, 2.45) is 4.99 Å². The summed E-state index contributed by atoms with van der Waals surface area (Å²) in [4.78, 5) is 41.3. The van der Waals surface area contributed by atoms with Crippen LogP contribution in [0, 0.1) is 0 Å². The summed E-state index contributed by atoms with van der Waals surface area (Å²) in [6, 6.07) is 15.2. The van der Waals surface area contributed by atoms with Crippen molar-refractivity contribution >= 4 is 40.5 Å². The summed E-state index contributed by atoms with van der Waals surface area (Å²) in [5.74, 6) is -2.27. The Morgan fingerprint density at radius 1 is 1.14 bits per heavy atom. The molecule has 2 aromatic rings. The van der Waals surface area contributed by atoms with Gasteiger partial charge in [0, 0.05) is 6.08 Å². The van der Waals surface area contributed by atoms with Gasteiger partial charge in [0.25, 0.3) is 5.91 Å². The van der Waals surface area contributed by atoms with Gasteiger partial charge in [-0.15, -0.1) is 0 Å². The maximum absolute atomic E-state index is 12.8. The van der Waals surface area contributed by atoms with Crippen molar-refractivity contribution in [2.75, 3.05) is 7.11 Å². The van der Waals surface area contributed by atoms with Gasteiger partial charge in [0.05, 0.1) is 30.2 Å². The molecule has 1 aliphatic heterocycles. The van der Waals surface area contributed by atoms with Crippen molar-refractivity contribution < 1.29 is 24.2 Å². The molecule has 8 heteroatoms. The van der Waals surface area contributed by atoms with Crippen LogP contribution in [0.2, 0.25) is 0 Å². The van der Waals surface area contributed by atoms with Gasteiger partial charge in [-0.05, 0) is 35.0 Å². The number of carbonyl (C=O) groups excluding carboxylic acids is 3. The molecule has 0 saturated carbocycles. The first-order chi connectivity index (χ1) is 13.5. The Labute approximate surface area is 165 Å². The summed E-state index contributed by atoms with van der Waals surface area (Å²) in [7, 11) is 1.24. The van der Waals surface area contributed by atoms with Crippen LogP contribution in [0.4, 0.5) is 5.69 Å². The molecule has 0 spiro atoms. The Bertz CT molecular complexity index is 968. The number of carboxylic acid groups (broad SMARTS) is 1. The summed E-state index contributed by atoms with van der Waals surface area (Å²) in [6.07, 6.45) is 1.13. The number of amides is 1. The number of amidine groups is 1. The summed E-state index contributed by atoms with van der Waals surface area (Å²) >= 11 is 1.05. The molecule has 0 N–H and O–H groups in total. The zero-order valence-electron chi connectivity index (χ0n) is 14.8. The third-order valence-corrected chi connectivity index (χ3v) is 4.86. The molecular weight excluding hydrogens is 380 g/mol. The Morgan fingerprint density at radius 2 is 1.82 bits per heavy atom. The second kappa shape index (κ2) is 8.53. The van der Waals surface area contributed by atoms with Gasteiger partial charge in [-0.25, -0.2) is 9.79 Å². The largest absolute Gasteiger partial charge is 0.545 e. The van der Waals surface area contributed by atoms with E-state index in [0.717, 1.165) is 23.4 Å². The summed E-state index contributed by atoms with van der Waals surface area (Å²) in [5.41, 5.74) is 1.40. The lowest BCUT2D eigenvalue weighted by Crippen LogP contribution is -2.28. The van der Waals surface area contributed by atoms with Crippen LogP contribution in [0.3, 0.4) is 0 Å². The molecule has 142 valence electrons. The number of carboxylic acids is 1. The number of thioether (sulfide) groups is 1. The highest BCUT2D eigenvalue weighted by molar-refractivity contribution is 8.18. The Balaban J connectivity index is 1.94. The van der Waals surface area contributed by atoms with Gasteiger partial charge in [0.1, 0.15) is 0 Å². The molecule has 1 aliphatic rings. The fraction of sp³-hybridized carbons (Fsp3) is 0.100. The van der Waals surface area contributed by atoms with Crippen LogP contribution in [0.15, 0.2) is 70.6 Å². The molecule has 2 aromatic carbocycles. The van der Waals surface area contributed by atoms with Gasteiger partial charge in [0.15, 0.2) is 5.17 Å². The Morgan fingerprint density at radius 3 is 2.43 bits per heavy atom. The fourth-order valence-electron chi connectivity index (χ4n) is 2.45. The standard InChI is InChI=1S/C20H16N2O5S/c1-27-17(23)11-16-18(24)22(12-13-5-3-2-4-6-13)20(28-16)21-15-9-7-14(8-10-15)19(25)26/h2-11H,12H2,1H3,(H,25,26)/p-1/b16-11+,21-20?. The minimum atomic E-state index is -1.28. The minimum Gasteiger partial charge on any atom is -0.545 e. The molecule has 0 aliphatic carbocycles. The SMILES string of the molecule is COC(=O)/C=C1/SC(=Nc2ccc(C(=O)[O-])cc2)N(Cc2ccccc2)C1=O. The zero-order valence-corrected chi connectivity index (χ0v) is 15.6. The van der Waals surface area contributed by atoms with E-state index in [1.165, 1.54) is 36.3 Å². The average Bonchev–Trinajstić information content (AvgIpc) is 2.98. The summed E-state index contributed by atoms with van der Waals surface area (Å²) < 4.78 is 4.60. The molecule has 1 fully saturated rings. The first-order valence-corrected chi connectivity index (χ1v) is 9.03. The fourth-order valence-corrected chi connectivity index (χ4v) is 3.40. The predicted octanol–water partition coefficient (Wildman–Crippen LogP) is 1.87. The quantitative estimate of drug-likeness (QED) is 0.566. The molecule has 7 nitrogen and oxygen atoms in total. The molecule has 28 heavy (non-hydrogen) atoms. The number of hydrogen-bond acceptors (Lipinski definition) is 7. The smallest absolute Gasteiger partial charge is 0.331 e. The van der Waals surface area contributed by atoms with Crippen molar-refractivity contribution in [2.45, 2.75) is 6.54 Å². The van der Waals surface area contributed by atoms with E-state index in [0.29, 0.717) is 10.9 Å². The van der Waals surface area contributed by atoms with E-state index in [1.54, 1.807) is 0 Å². The van der Waals surface area contributed by atoms with Crippen LogP contribution in [-0.2, 0) is 20.9 Å². The molecule has 1 amide bonds. The van der Waals surface area contributed by atoms with E-state index < -0.39 is 11.9 Å². The molecule has 1 heterocycles. The zero-order chi connectivity index (χ0) is 20.1.